The Balaban J connectivity index is 3.24. The third-order valence-electron chi connectivity index (χ3n) is 2.12. The van der Waals surface area contributed by atoms with E-state index in [9.17, 15) is 31.1 Å². The number of halogens is 8. The summed E-state index contributed by atoms with van der Waals surface area (Å²) in [5, 5.41) is -0.399. The predicted octanol–water partition coefficient (Wildman–Crippen LogP) is 4.92. The van der Waals surface area contributed by atoms with Crippen molar-refractivity contribution in [3.8, 4) is 0 Å². The Morgan fingerprint density at radius 2 is 1.42 bits per heavy atom. The molecule has 1 aromatic carbocycles. The van der Waals surface area contributed by atoms with Crippen LogP contribution in [0.4, 0.5) is 26.3 Å². The third kappa shape index (κ3) is 3.76. The molecular formula is C10H4Cl2F6O. The number of ketones is 1. The van der Waals surface area contributed by atoms with Crippen LogP contribution in [-0.2, 0) is 0 Å². The molecule has 0 heterocycles. The van der Waals surface area contributed by atoms with E-state index in [1.54, 1.807) is 0 Å². The van der Waals surface area contributed by atoms with E-state index in [1.807, 2.05) is 0 Å². The van der Waals surface area contributed by atoms with Gasteiger partial charge in [-0.2, -0.15) is 26.3 Å². The van der Waals surface area contributed by atoms with Crippen LogP contribution < -0.4 is 0 Å². The molecule has 0 spiro atoms. The van der Waals surface area contributed by atoms with Crippen molar-refractivity contribution < 1.29 is 31.1 Å². The smallest absolute Gasteiger partial charge is 0.293 e. The number of benzene rings is 1. The molecule has 1 nitrogen and oxygen atoms in total. The minimum Gasteiger partial charge on any atom is -0.293 e. The first kappa shape index (κ1) is 16.1. The average Bonchev–Trinajstić information content (AvgIpc) is 2.17. The lowest BCUT2D eigenvalue weighted by Crippen LogP contribution is -2.42. The Morgan fingerprint density at radius 1 is 0.947 bits per heavy atom. The molecule has 0 aromatic heterocycles. The highest BCUT2D eigenvalue weighted by molar-refractivity contribution is 6.42. The molecule has 0 bridgehead atoms. The lowest BCUT2D eigenvalue weighted by molar-refractivity contribution is -0.264. The number of hydrogen-bond donors (Lipinski definition) is 0. The quantitative estimate of drug-likeness (QED) is 0.557. The van der Waals surface area contributed by atoms with E-state index in [0.717, 1.165) is 12.1 Å². The molecule has 0 aliphatic rings. The van der Waals surface area contributed by atoms with Crippen LogP contribution in [0.3, 0.4) is 0 Å². The summed E-state index contributed by atoms with van der Waals surface area (Å²) in [6, 6.07) is 2.36. The summed E-state index contributed by atoms with van der Waals surface area (Å²) in [4.78, 5) is 11.4. The number of hydrogen-bond acceptors (Lipinski definition) is 1. The third-order valence-corrected chi connectivity index (χ3v) is 2.86. The highest BCUT2D eigenvalue weighted by atomic mass is 35.5. The van der Waals surface area contributed by atoms with Gasteiger partial charge in [0.15, 0.2) is 5.78 Å². The van der Waals surface area contributed by atoms with Crippen LogP contribution >= 0.6 is 23.2 Å². The first-order chi connectivity index (χ1) is 8.44. The van der Waals surface area contributed by atoms with Gasteiger partial charge in [0.25, 0.3) is 0 Å². The zero-order valence-electron chi connectivity index (χ0n) is 8.74. The van der Waals surface area contributed by atoms with Gasteiger partial charge in [-0.25, -0.2) is 0 Å². The second kappa shape index (κ2) is 5.20. The lowest BCUT2D eigenvalue weighted by Gasteiger charge is -2.21. The topological polar surface area (TPSA) is 17.1 Å². The van der Waals surface area contributed by atoms with Gasteiger partial charge in [-0.1, -0.05) is 23.2 Å². The minimum atomic E-state index is -5.73. The number of carbonyl (C=O) groups is 1. The van der Waals surface area contributed by atoms with Gasteiger partial charge in [-0.15, -0.1) is 0 Å². The normalized spacial score (nSPS) is 12.9. The fourth-order valence-electron chi connectivity index (χ4n) is 1.30. The highest BCUT2D eigenvalue weighted by Crippen LogP contribution is 2.41. The van der Waals surface area contributed by atoms with Gasteiger partial charge < -0.3 is 0 Å². The van der Waals surface area contributed by atoms with Crippen LogP contribution in [0.15, 0.2) is 18.2 Å². The molecule has 0 N–H and O–H groups in total. The summed E-state index contributed by atoms with van der Waals surface area (Å²) in [5.74, 6) is -6.21. The van der Waals surface area contributed by atoms with Crippen molar-refractivity contribution in [1.29, 1.82) is 0 Å². The fourth-order valence-corrected chi connectivity index (χ4v) is 1.60. The molecule has 0 aliphatic heterocycles. The number of Topliss-reactive ketones (excluding diaryl/α,β-unsaturated/α-hetero) is 1. The van der Waals surface area contributed by atoms with Crippen LogP contribution in [-0.4, -0.2) is 18.1 Å². The van der Waals surface area contributed by atoms with Gasteiger partial charge in [-0.3, -0.25) is 4.79 Å². The summed E-state index contributed by atoms with van der Waals surface area (Å²) < 4.78 is 74.0. The molecule has 0 atom stereocenters. The molecule has 0 saturated carbocycles. The van der Waals surface area contributed by atoms with E-state index in [2.05, 4.69) is 0 Å². The first-order valence-corrected chi connectivity index (χ1v) is 5.33. The summed E-state index contributed by atoms with van der Waals surface area (Å²) in [5.41, 5.74) is -0.811. The molecule has 0 amide bonds. The predicted molar refractivity (Wildman–Crippen MR) is 56.4 cm³/mol. The Morgan fingerprint density at radius 3 is 1.79 bits per heavy atom. The molecule has 0 aliphatic carbocycles. The van der Waals surface area contributed by atoms with Gasteiger partial charge in [0, 0.05) is 5.56 Å². The van der Waals surface area contributed by atoms with Crippen molar-refractivity contribution >= 4 is 29.0 Å². The van der Waals surface area contributed by atoms with Crippen molar-refractivity contribution in [3.05, 3.63) is 33.8 Å². The first-order valence-electron chi connectivity index (χ1n) is 4.57. The minimum absolute atomic E-state index is 0.0891. The SMILES string of the molecule is O=C(c1ccc(Cl)c(Cl)c1)C(C(F)(F)F)C(F)(F)F. The fraction of sp³-hybridized carbons (Fsp3) is 0.300. The summed E-state index contributed by atoms with van der Waals surface area (Å²) in [6.07, 6.45) is -11.5. The maximum Gasteiger partial charge on any atom is 0.407 e. The second-order valence-electron chi connectivity index (χ2n) is 3.51. The van der Waals surface area contributed by atoms with E-state index < -0.39 is 29.6 Å². The van der Waals surface area contributed by atoms with Crippen LogP contribution in [0.2, 0.25) is 10.0 Å². The van der Waals surface area contributed by atoms with Crippen molar-refractivity contribution in [2.45, 2.75) is 12.4 Å². The average molecular weight is 325 g/mol. The standard InChI is InChI=1S/C10H4Cl2F6O/c11-5-2-1-4(3-6(5)12)7(19)8(9(13,14)15)10(16,17)18/h1-3,8H. The van der Waals surface area contributed by atoms with Gasteiger partial charge >= 0.3 is 12.4 Å². The second-order valence-corrected chi connectivity index (χ2v) is 4.32. The van der Waals surface area contributed by atoms with Gasteiger partial charge in [0.2, 0.25) is 5.92 Å². The van der Waals surface area contributed by atoms with E-state index in [-0.39, 0.29) is 10.0 Å². The van der Waals surface area contributed by atoms with Crippen molar-refractivity contribution in [2.24, 2.45) is 5.92 Å². The van der Waals surface area contributed by atoms with Crippen LogP contribution in [0.5, 0.6) is 0 Å². The van der Waals surface area contributed by atoms with E-state index >= 15 is 0 Å². The van der Waals surface area contributed by atoms with E-state index in [0.29, 0.717) is 6.07 Å². The number of rotatable bonds is 2. The zero-order valence-corrected chi connectivity index (χ0v) is 10.3. The molecule has 106 valence electrons. The van der Waals surface area contributed by atoms with Crippen LogP contribution in [0.25, 0.3) is 0 Å². The van der Waals surface area contributed by atoms with Gasteiger partial charge in [0.1, 0.15) is 0 Å². The Kier molecular flexibility index (Phi) is 4.41. The summed E-state index contributed by atoms with van der Waals surface area (Å²) in [7, 11) is 0. The Labute approximate surface area is 113 Å². The molecule has 0 radical (unpaired) electrons. The van der Waals surface area contributed by atoms with Crippen LogP contribution in [0, 0.1) is 5.92 Å². The molecule has 0 saturated heterocycles. The van der Waals surface area contributed by atoms with Crippen molar-refractivity contribution in [2.75, 3.05) is 0 Å². The van der Waals surface area contributed by atoms with Gasteiger partial charge in [-0.05, 0) is 18.2 Å². The summed E-state index contributed by atoms with van der Waals surface area (Å²) in [6.45, 7) is 0. The molecule has 0 fully saturated rings. The highest BCUT2D eigenvalue weighted by Gasteiger charge is 2.60. The summed E-state index contributed by atoms with van der Waals surface area (Å²) >= 11 is 10.9. The molecule has 1 rings (SSSR count). The Bertz CT molecular complexity index is 480. The largest absolute Gasteiger partial charge is 0.407 e. The van der Waals surface area contributed by atoms with Crippen molar-refractivity contribution in [3.63, 3.8) is 0 Å². The zero-order chi connectivity index (χ0) is 15.0. The molecule has 0 unspecified atom stereocenters. The molecule has 9 heteroatoms. The maximum absolute atomic E-state index is 12.3. The number of carbonyl (C=O) groups excluding carboxylic acids is 1. The molecule has 19 heavy (non-hydrogen) atoms. The van der Waals surface area contributed by atoms with E-state index in [4.69, 9.17) is 23.2 Å². The Hall–Kier alpha value is -0.950. The maximum atomic E-state index is 12.3. The van der Waals surface area contributed by atoms with Crippen LogP contribution in [0.1, 0.15) is 10.4 Å². The van der Waals surface area contributed by atoms with Gasteiger partial charge in [0.05, 0.1) is 10.0 Å². The monoisotopic (exact) mass is 324 g/mol. The van der Waals surface area contributed by atoms with Crippen molar-refractivity contribution in [1.82, 2.24) is 0 Å². The number of alkyl halides is 6. The van der Waals surface area contributed by atoms with E-state index in [1.165, 1.54) is 0 Å². The lowest BCUT2D eigenvalue weighted by atomic mass is 9.96. The molecular weight excluding hydrogens is 321 g/mol. The molecule has 1 aromatic rings.